The molecule has 3 heteroatoms. The zero-order chi connectivity index (χ0) is 7.65. The Kier molecular flexibility index (Phi) is 3.21. The van der Waals surface area contributed by atoms with Crippen LogP contribution in [0.25, 0.3) is 0 Å². The Bertz CT molecular complexity index is 79.1. The summed E-state index contributed by atoms with van der Waals surface area (Å²) in [5.74, 6) is 0.484. The van der Waals surface area contributed by atoms with E-state index in [1.54, 1.807) is 0 Å². The van der Waals surface area contributed by atoms with Crippen LogP contribution in [0.2, 0.25) is 25.7 Å². The molecule has 0 aliphatic carbocycles. The van der Waals surface area contributed by atoms with E-state index < -0.39 is 0 Å². The van der Waals surface area contributed by atoms with Crippen molar-refractivity contribution in [1.29, 1.82) is 0 Å². The standard InChI is InChI=1S/C6H16B2S/c1-6(2,7(3)4)8(5)9/h9H,1-5H3. The highest BCUT2D eigenvalue weighted by Crippen LogP contribution is 2.32. The largest absolute Gasteiger partial charge is 0.227 e. The second-order valence-corrected chi connectivity index (χ2v) is 4.43. The molecule has 52 valence electrons. The van der Waals surface area contributed by atoms with E-state index in [2.05, 4.69) is 46.8 Å². The highest BCUT2D eigenvalue weighted by molar-refractivity contribution is 8.11. The first kappa shape index (κ1) is 9.48. The zero-order valence-electron chi connectivity index (χ0n) is 7.10. The van der Waals surface area contributed by atoms with Crippen LogP contribution in [-0.4, -0.2) is 12.7 Å². The van der Waals surface area contributed by atoms with Gasteiger partial charge in [0.25, 0.3) is 0 Å². The van der Waals surface area contributed by atoms with Gasteiger partial charge >= 0.3 is 0 Å². The molecule has 0 saturated carbocycles. The lowest BCUT2D eigenvalue weighted by Crippen LogP contribution is -2.31. The van der Waals surface area contributed by atoms with Crippen molar-refractivity contribution in [1.82, 2.24) is 0 Å². The van der Waals surface area contributed by atoms with Crippen LogP contribution in [0, 0.1) is 0 Å². The molecule has 0 radical (unpaired) electrons. The van der Waals surface area contributed by atoms with E-state index in [1.807, 2.05) is 0 Å². The van der Waals surface area contributed by atoms with Gasteiger partial charge in [0.05, 0.1) is 0 Å². The molecule has 0 saturated heterocycles. The number of hydrogen-bond acceptors (Lipinski definition) is 1. The van der Waals surface area contributed by atoms with Crippen LogP contribution >= 0.6 is 12.5 Å². The molecule has 0 aromatic rings. The minimum atomic E-state index is 0.364. The molecule has 0 aromatic carbocycles. The zero-order valence-corrected chi connectivity index (χ0v) is 8.00. The first-order valence-electron chi connectivity index (χ1n) is 3.57. The van der Waals surface area contributed by atoms with Crippen molar-refractivity contribution < 1.29 is 0 Å². The third-order valence-electron chi connectivity index (χ3n) is 2.56. The highest BCUT2D eigenvalue weighted by atomic mass is 32.1. The third kappa shape index (κ3) is 2.29. The van der Waals surface area contributed by atoms with Crippen molar-refractivity contribution in [2.75, 3.05) is 0 Å². The maximum atomic E-state index is 4.42. The molecule has 0 N–H and O–H groups in total. The molecule has 0 aromatic heterocycles. The lowest BCUT2D eigenvalue weighted by atomic mass is 9.25. The molecule has 0 atom stereocenters. The van der Waals surface area contributed by atoms with Gasteiger partial charge in [0.1, 0.15) is 6.71 Å². The Morgan fingerprint density at radius 1 is 1.11 bits per heavy atom. The van der Waals surface area contributed by atoms with Gasteiger partial charge in [0, 0.05) is 0 Å². The highest BCUT2D eigenvalue weighted by Gasteiger charge is 2.31. The first-order chi connectivity index (χ1) is 3.89. The minimum Gasteiger partial charge on any atom is -0.227 e. The molecule has 0 bridgehead atoms. The molecule has 0 spiro atoms. The van der Waals surface area contributed by atoms with Crippen LogP contribution in [-0.2, 0) is 0 Å². The Hall–Kier alpha value is 0.480. The Morgan fingerprint density at radius 3 is 1.44 bits per heavy atom. The number of rotatable bonds is 2. The summed E-state index contributed by atoms with van der Waals surface area (Å²) >= 11 is 4.42. The van der Waals surface area contributed by atoms with Crippen molar-refractivity contribution in [3.8, 4) is 0 Å². The van der Waals surface area contributed by atoms with Crippen molar-refractivity contribution in [3.05, 3.63) is 0 Å². The average molecular weight is 142 g/mol. The van der Waals surface area contributed by atoms with Gasteiger partial charge in [-0.3, -0.25) is 0 Å². The molecule has 0 aliphatic rings. The second kappa shape index (κ2) is 3.05. The van der Waals surface area contributed by atoms with Crippen molar-refractivity contribution in [3.63, 3.8) is 0 Å². The van der Waals surface area contributed by atoms with Gasteiger partial charge in [0.15, 0.2) is 0 Å². The molecule has 0 aliphatic heterocycles. The lowest BCUT2D eigenvalue weighted by Gasteiger charge is -2.28. The topological polar surface area (TPSA) is 0 Å². The van der Waals surface area contributed by atoms with E-state index in [0.717, 1.165) is 0 Å². The Morgan fingerprint density at radius 2 is 1.44 bits per heavy atom. The predicted molar refractivity (Wildman–Crippen MR) is 52.1 cm³/mol. The van der Waals surface area contributed by atoms with Gasteiger partial charge in [-0.15, -0.1) is 0 Å². The SMILES string of the molecule is CB(C)C(C)(C)B(C)S. The summed E-state index contributed by atoms with van der Waals surface area (Å²) in [5.41, 5.74) is 0. The summed E-state index contributed by atoms with van der Waals surface area (Å²) in [7, 11) is 0. The molecule has 0 nitrogen and oxygen atoms in total. The molecule has 0 fully saturated rings. The van der Waals surface area contributed by atoms with Crippen LogP contribution in [0.4, 0.5) is 0 Å². The quantitative estimate of drug-likeness (QED) is 0.444. The normalized spacial score (nSPS) is 11.3. The van der Waals surface area contributed by atoms with Gasteiger partial charge in [-0.2, -0.15) is 0 Å². The maximum Gasteiger partial charge on any atom is 0.200 e. The van der Waals surface area contributed by atoms with E-state index in [9.17, 15) is 0 Å². The van der Waals surface area contributed by atoms with Gasteiger partial charge < -0.3 is 0 Å². The van der Waals surface area contributed by atoms with Crippen LogP contribution in [0.15, 0.2) is 0 Å². The molecular weight excluding hydrogens is 126 g/mol. The van der Waals surface area contributed by atoms with E-state index in [-0.39, 0.29) is 0 Å². The summed E-state index contributed by atoms with van der Waals surface area (Å²) in [6.07, 6.45) is 0. The Balaban J connectivity index is 4.01. The molecule has 0 amide bonds. The molecular formula is C6H16B2S. The fourth-order valence-electron chi connectivity index (χ4n) is 0.482. The van der Waals surface area contributed by atoms with E-state index >= 15 is 0 Å². The van der Waals surface area contributed by atoms with Gasteiger partial charge in [0.2, 0.25) is 5.99 Å². The second-order valence-electron chi connectivity index (χ2n) is 3.65. The van der Waals surface area contributed by atoms with Crippen molar-refractivity contribution >= 4 is 25.2 Å². The summed E-state index contributed by atoms with van der Waals surface area (Å²) < 4.78 is 0. The Labute approximate surface area is 65.3 Å². The summed E-state index contributed by atoms with van der Waals surface area (Å²) in [6, 6.07) is 0. The maximum absolute atomic E-state index is 4.42. The fraction of sp³-hybridized carbons (Fsp3) is 1.00. The number of hydrogen-bond donors (Lipinski definition) is 1. The molecule has 0 heterocycles. The molecule has 9 heavy (non-hydrogen) atoms. The summed E-state index contributed by atoms with van der Waals surface area (Å²) in [5, 5.41) is 0.364. The molecule has 0 unspecified atom stereocenters. The van der Waals surface area contributed by atoms with Crippen molar-refractivity contribution in [2.45, 2.75) is 39.5 Å². The van der Waals surface area contributed by atoms with Gasteiger partial charge in [-0.1, -0.05) is 39.5 Å². The van der Waals surface area contributed by atoms with Crippen molar-refractivity contribution in [2.24, 2.45) is 0 Å². The fourth-order valence-corrected chi connectivity index (χ4v) is 0.781. The van der Waals surface area contributed by atoms with E-state index in [0.29, 0.717) is 17.9 Å². The van der Waals surface area contributed by atoms with Crippen LogP contribution < -0.4 is 0 Å². The van der Waals surface area contributed by atoms with Crippen LogP contribution in [0.1, 0.15) is 13.8 Å². The number of thiol groups is 1. The smallest absolute Gasteiger partial charge is 0.200 e. The van der Waals surface area contributed by atoms with E-state index in [4.69, 9.17) is 0 Å². The van der Waals surface area contributed by atoms with Crippen LogP contribution in [0.3, 0.4) is 0 Å². The average Bonchev–Trinajstić information content (AvgIpc) is 1.65. The summed E-state index contributed by atoms with van der Waals surface area (Å²) in [4.78, 5) is 0. The van der Waals surface area contributed by atoms with Gasteiger partial charge in [-0.25, -0.2) is 12.5 Å². The lowest BCUT2D eigenvalue weighted by molar-refractivity contribution is 0.919. The third-order valence-corrected chi connectivity index (χ3v) is 3.23. The first-order valence-corrected chi connectivity index (χ1v) is 4.08. The molecule has 0 rings (SSSR count). The monoisotopic (exact) mass is 142 g/mol. The predicted octanol–water partition coefficient (Wildman–Crippen LogP) is 2.61. The van der Waals surface area contributed by atoms with Gasteiger partial charge in [-0.05, 0) is 0 Å². The minimum absolute atomic E-state index is 0.364. The van der Waals surface area contributed by atoms with Crippen LogP contribution in [0.5, 0.6) is 0 Å². The van der Waals surface area contributed by atoms with E-state index in [1.165, 1.54) is 0 Å². The summed E-state index contributed by atoms with van der Waals surface area (Å²) in [6.45, 7) is 11.9.